The first-order valence-electron chi connectivity index (χ1n) is 10.3. The average molecular weight is 471 g/mol. The summed E-state index contributed by atoms with van der Waals surface area (Å²) >= 11 is 1.28. The number of anilines is 1. The van der Waals surface area contributed by atoms with Crippen molar-refractivity contribution < 1.29 is 23.0 Å². The summed E-state index contributed by atoms with van der Waals surface area (Å²) in [6.07, 6.45) is 2.38. The molecule has 0 aromatic carbocycles. The molecule has 0 radical (unpaired) electrons. The molecule has 1 aliphatic carbocycles. The smallest absolute Gasteiger partial charge is 0.416 e. The van der Waals surface area contributed by atoms with E-state index in [0.717, 1.165) is 0 Å². The number of hydrogen-bond donors (Lipinski definition) is 0. The highest BCUT2D eigenvalue weighted by molar-refractivity contribution is 7.98. The predicted molar refractivity (Wildman–Crippen MR) is 115 cm³/mol. The minimum Gasteiger partial charge on any atom is -0.469 e. The van der Waals surface area contributed by atoms with Gasteiger partial charge in [-0.25, -0.2) is 23.5 Å². The quantitative estimate of drug-likeness (QED) is 0.457. The Morgan fingerprint density at radius 2 is 2.00 bits per heavy atom. The Labute approximate surface area is 189 Å². The molecule has 1 fully saturated rings. The third-order valence-electron chi connectivity index (χ3n) is 4.74. The van der Waals surface area contributed by atoms with E-state index in [1.807, 2.05) is 0 Å². The molecule has 0 spiro atoms. The van der Waals surface area contributed by atoms with Crippen molar-refractivity contribution in [2.45, 2.75) is 75.8 Å². The molecule has 32 heavy (non-hydrogen) atoms. The Bertz CT molecular complexity index is 940. The van der Waals surface area contributed by atoms with Crippen LogP contribution in [0.15, 0.2) is 17.6 Å². The van der Waals surface area contributed by atoms with Crippen LogP contribution in [0, 0.1) is 0 Å². The van der Waals surface area contributed by atoms with Crippen LogP contribution in [0.5, 0.6) is 5.88 Å². The highest BCUT2D eigenvalue weighted by atomic mass is 32.2. The van der Waals surface area contributed by atoms with E-state index in [-0.39, 0.29) is 44.0 Å². The Morgan fingerprint density at radius 3 is 2.56 bits per heavy atom. The SMILES string of the molecule is CSc1nc(OCc2ncn(C)n2)cc(N(C(=O)OC(C)(C)C)C2CCC(F)(F)CC2)n1. The van der Waals surface area contributed by atoms with Gasteiger partial charge in [0.2, 0.25) is 11.8 Å². The normalized spacial score (nSPS) is 16.6. The zero-order chi connectivity index (χ0) is 23.5. The number of halogens is 2. The number of nitrogens with zero attached hydrogens (tertiary/aromatic N) is 6. The van der Waals surface area contributed by atoms with E-state index in [1.165, 1.54) is 22.7 Å². The molecule has 3 rings (SSSR count). The van der Waals surface area contributed by atoms with E-state index < -0.39 is 23.7 Å². The van der Waals surface area contributed by atoms with Gasteiger partial charge in [-0.3, -0.25) is 9.58 Å². The monoisotopic (exact) mass is 470 g/mol. The maximum Gasteiger partial charge on any atom is 0.416 e. The molecule has 1 saturated carbocycles. The van der Waals surface area contributed by atoms with Gasteiger partial charge >= 0.3 is 6.09 Å². The minimum atomic E-state index is -2.73. The van der Waals surface area contributed by atoms with Crippen LogP contribution in [0.3, 0.4) is 0 Å². The predicted octanol–water partition coefficient (Wildman–Crippen LogP) is 4.23. The Morgan fingerprint density at radius 1 is 1.31 bits per heavy atom. The summed E-state index contributed by atoms with van der Waals surface area (Å²) < 4.78 is 40.4. The van der Waals surface area contributed by atoms with Crippen molar-refractivity contribution in [2.75, 3.05) is 11.2 Å². The Hall–Kier alpha value is -2.50. The van der Waals surface area contributed by atoms with E-state index in [1.54, 1.807) is 45.1 Å². The zero-order valence-corrected chi connectivity index (χ0v) is 19.7. The molecule has 12 heteroatoms. The van der Waals surface area contributed by atoms with Gasteiger partial charge < -0.3 is 9.47 Å². The number of carbonyl (C=O) groups excluding carboxylic acids is 1. The number of rotatable bonds is 6. The number of hydrogen-bond acceptors (Lipinski definition) is 8. The number of carbonyl (C=O) groups is 1. The molecule has 2 aromatic rings. The van der Waals surface area contributed by atoms with Crippen LogP contribution in [-0.2, 0) is 18.4 Å². The number of amides is 1. The van der Waals surface area contributed by atoms with Gasteiger partial charge in [-0.2, -0.15) is 10.1 Å². The van der Waals surface area contributed by atoms with Crippen LogP contribution in [0.1, 0.15) is 52.3 Å². The Kier molecular flexibility index (Phi) is 7.21. The van der Waals surface area contributed by atoms with Gasteiger partial charge in [0.05, 0.1) is 0 Å². The second kappa shape index (κ2) is 9.55. The highest BCUT2D eigenvalue weighted by Crippen LogP contribution is 2.37. The number of aryl methyl sites for hydroxylation is 1. The Balaban J connectivity index is 1.90. The topological polar surface area (TPSA) is 95.3 Å². The lowest BCUT2D eigenvalue weighted by atomic mass is 9.91. The van der Waals surface area contributed by atoms with Crippen molar-refractivity contribution in [1.29, 1.82) is 0 Å². The lowest BCUT2D eigenvalue weighted by Gasteiger charge is -2.37. The van der Waals surface area contributed by atoms with E-state index >= 15 is 0 Å². The van der Waals surface area contributed by atoms with Crippen LogP contribution in [0.4, 0.5) is 19.4 Å². The number of thioether (sulfide) groups is 1. The number of aromatic nitrogens is 5. The maximum atomic E-state index is 13.8. The number of ether oxygens (including phenoxy) is 2. The molecular formula is C20H28F2N6O3S. The molecule has 2 aromatic heterocycles. The molecule has 0 saturated heterocycles. The van der Waals surface area contributed by atoms with Crippen LogP contribution in [0.2, 0.25) is 0 Å². The summed E-state index contributed by atoms with van der Waals surface area (Å²) in [5, 5.41) is 4.53. The van der Waals surface area contributed by atoms with Gasteiger partial charge in [-0.05, 0) is 39.9 Å². The van der Waals surface area contributed by atoms with Crippen molar-refractivity contribution in [1.82, 2.24) is 24.7 Å². The second-order valence-corrected chi connectivity index (χ2v) is 9.39. The van der Waals surface area contributed by atoms with Crippen molar-refractivity contribution in [3.63, 3.8) is 0 Å². The first kappa shape index (κ1) is 24.1. The third-order valence-corrected chi connectivity index (χ3v) is 5.28. The molecule has 9 nitrogen and oxygen atoms in total. The third kappa shape index (κ3) is 6.50. The lowest BCUT2D eigenvalue weighted by molar-refractivity contribution is -0.0388. The van der Waals surface area contributed by atoms with Crippen molar-refractivity contribution in [2.24, 2.45) is 7.05 Å². The molecule has 0 atom stereocenters. The molecule has 0 aliphatic heterocycles. The van der Waals surface area contributed by atoms with Crippen molar-refractivity contribution in [3.05, 3.63) is 18.2 Å². The average Bonchev–Trinajstić information content (AvgIpc) is 3.11. The molecule has 0 bridgehead atoms. The molecule has 2 heterocycles. The van der Waals surface area contributed by atoms with E-state index in [2.05, 4.69) is 20.1 Å². The summed E-state index contributed by atoms with van der Waals surface area (Å²) in [6, 6.07) is 1.04. The second-order valence-electron chi connectivity index (χ2n) is 8.61. The van der Waals surface area contributed by atoms with E-state index in [0.29, 0.717) is 11.0 Å². The van der Waals surface area contributed by atoms with Crippen molar-refractivity contribution in [3.8, 4) is 5.88 Å². The summed E-state index contributed by atoms with van der Waals surface area (Å²) in [4.78, 5) is 27.3. The van der Waals surface area contributed by atoms with E-state index in [4.69, 9.17) is 9.47 Å². The maximum absolute atomic E-state index is 13.8. The fraction of sp³-hybridized carbons (Fsp3) is 0.650. The van der Waals surface area contributed by atoms with Gasteiger partial charge in [0.25, 0.3) is 0 Å². The van der Waals surface area contributed by atoms with Gasteiger partial charge in [0, 0.05) is 32.0 Å². The molecule has 0 unspecified atom stereocenters. The molecule has 0 N–H and O–H groups in total. The van der Waals surface area contributed by atoms with E-state index in [9.17, 15) is 13.6 Å². The summed E-state index contributed by atoms with van der Waals surface area (Å²) in [5.41, 5.74) is -0.757. The van der Waals surface area contributed by atoms with Gasteiger partial charge in [0.1, 0.15) is 17.7 Å². The largest absolute Gasteiger partial charge is 0.469 e. The van der Waals surface area contributed by atoms with Crippen LogP contribution >= 0.6 is 11.8 Å². The van der Waals surface area contributed by atoms with Gasteiger partial charge in [-0.15, -0.1) is 0 Å². The molecule has 1 amide bonds. The first-order valence-corrected chi connectivity index (χ1v) is 11.5. The highest BCUT2D eigenvalue weighted by Gasteiger charge is 2.40. The summed E-state index contributed by atoms with van der Waals surface area (Å²) in [7, 11) is 1.75. The summed E-state index contributed by atoms with van der Waals surface area (Å²) in [6.45, 7) is 5.33. The fourth-order valence-electron chi connectivity index (χ4n) is 3.29. The molecule has 1 aliphatic rings. The molecule has 176 valence electrons. The first-order chi connectivity index (χ1) is 15.0. The lowest BCUT2D eigenvalue weighted by Crippen LogP contribution is -2.47. The summed E-state index contributed by atoms with van der Waals surface area (Å²) in [5.74, 6) is -1.79. The van der Waals surface area contributed by atoms with Crippen molar-refractivity contribution >= 4 is 23.7 Å². The number of alkyl halides is 2. The van der Waals surface area contributed by atoms with Gasteiger partial charge in [0.15, 0.2) is 17.6 Å². The fourth-order valence-corrected chi connectivity index (χ4v) is 3.66. The van der Waals surface area contributed by atoms with Gasteiger partial charge in [-0.1, -0.05) is 11.8 Å². The van der Waals surface area contributed by atoms with Crippen LogP contribution < -0.4 is 9.64 Å². The zero-order valence-electron chi connectivity index (χ0n) is 18.8. The van der Waals surface area contributed by atoms with Crippen LogP contribution in [-0.4, -0.2) is 54.6 Å². The molecular weight excluding hydrogens is 442 g/mol. The standard InChI is InChI=1S/C20H28F2N6O3S/c1-19(2,3)31-18(29)28(13-6-8-20(21,22)9-7-13)15-10-16(25-17(24-15)32-5)30-11-14-23-12-27(4)26-14/h10,12-13H,6-9,11H2,1-5H3. The van der Waals surface area contributed by atoms with Crippen LogP contribution in [0.25, 0.3) is 0 Å². The minimum absolute atomic E-state index is 0.0766.